The van der Waals surface area contributed by atoms with Crippen LogP contribution in [0, 0.1) is 18.3 Å². The monoisotopic (exact) mass is 236 g/mol. The van der Waals surface area contributed by atoms with Crippen LogP contribution in [-0.2, 0) is 0 Å². The van der Waals surface area contributed by atoms with Crippen molar-refractivity contribution in [2.75, 3.05) is 5.73 Å². The van der Waals surface area contributed by atoms with Crippen molar-refractivity contribution in [2.45, 2.75) is 6.92 Å². The Morgan fingerprint density at radius 3 is 2.22 bits per heavy atom. The zero-order valence-electron chi connectivity index (χ0n) is 9.96. The van der Waals surface area contributed by atoms with E-state index in [0.717, 1.165) is 16.9 Å². The first kappa shape index (κ1) is 11.8. The second-order valence-electron chi connectivity index (χ2n) is 3.90. The van der Waals surface area contributed by atoms with Crippen molar-refractivity contribution >= 4 is 17.1 Å². The molecule has 0 aliphatic heterocycles. The summed E-state index contributed by atoms with van der Waals surface area (Å²) in [6.45, 7) is 1.93. The molecule has 0 atom stereocenters. The number of nitriles is 1. The molecular weight excluding hydrogens is 224 g/mol. The molecule has 0 amide bonds. The van der Waals surface area contributed by atoms with Crippen LogP contribution in [0.5, 0.6) is 0 Å². The van der Waals surface area contributed by atoms with Crippen molar-refractivity contribution in [3.63, 3.8) is 0 Å². The van der Waals surface area contributed by atoms with Gasteiger partial charge in [-0.2, -0.15) is 15.5 Å². The molecule has 0 bridgehead atoms. The van der Waals surface area contributed by atoms with Crippen molar-refractivity contribution < 1.29 is 0 Å². The highest BCUT2D eigenvalue weighted by atomic mass is 15.1. The average Bonchev–Trinajstić information content (AvgIpc) is 2.41. The number of hydrogen-bond acceptors (Lipinski definition) is 4. The number of rotatable bonds is 2. The molecule has 88 valence electrons. The second-order valence-corrected chi connectivity index (χ2v) is 3.90. The van der Waals surface area contributed by atoms with Crippen molar-refractivity contribution in [3.05, 3.63) is 53.6 Å². The number of nitrogens with two attached hydrogens (primary N) is 1. The third kappa shape index (κ3) is 2.71. The number of nitrogen functional groups attached to an aromatic ring is 1. The maximum absolute atomic E-state index is 8.68. The van der Waals surface area contributed by atoms with Gasteiger partial charge in [-0.1, -0.05) is 0 Å². The van der Waals surface area contributed by atoms with Crippen LogP contribution in [0.25, 0.3) is 0 Å². The van der Waals surface area contributed by atoms with E-state index in [9.17, 15) is 0 Å². The summed E-state index contributed by atoms with van der Waals surface area (Å²) in [5, 5.41) is 16.9. The van der Waals surface area contributed by atoms with Gasteiger partial charge in [-0.15, -0.1) is 0 Å². The molecule has 2 aromatic rings. The molecule has 0 aliphatic rings. The number of benzene rings is 2. The predicted octanol–water partition coefficient (Wildman–Crippen LogP) is 3.86. The first-order valence-electron chi connectivity index (χ1n) is 5.47. The molecule has 2 N–H and O–H groups in total. The van der Waals surface area contributed by atoms with Gasteiger partial charge in [0.2, 0.25) is 0 Å². The van der Waals surface area contributed by atoms with E-state index in [1.54, 1.807) is 24.3 Å². The minimum atomic E-state index is 0.609. The van der Waals surface area contributed by atoms with Gasteiger partial charge in [-0.3, -0.25) is 0 Å². The van der Waals surface area contributed by atoms with Crippen LogP contribution in [-0.4, -0.2) is 0 Å². The molecule has 2 rings (SSSR count). The molecule has 0 fully saturated rings. The topological polar surface area (TPSA) is 74.5 Å². The highest BCUT2D eigenvalue weighted by Crippen LogP contribution is 2.22. The Morgan fingerprint density at radius 1 is 1.00 bits per heavy atom. The Balaban J connectivity index is 2.19. The number of hydrogen-bond donors (Lipinski definition) is 1. The summed E-state index contributed by atoms with van der Waals surface area (Å²) in [5.41, 5.74) is 9.52. The molecule has 0 spiro atoms. The normalized spacial score (nSPS) is 10.4. The third-order valence-electron chi connectivity index (χ3n) is 2.53. The largest absolute Gasteiger partial charge is 0.399 e. The van der Waals surface area contributed by atoms with E-state index in [1.807, 2.05) is 25.1 Å². The van der Waals surface area contributed by atoms with Crippen LogP contribution in [0.3, 0.4) is 0 Å². The van der Waals surface area contributed by atoms with Crippen LogP contribution in [0.4, 0.5) is 17.1 Å². The Labute approximate surface area is 105 Å². The Kier molecular flexibility index (Phi) is 3.35. The number of nitrogens with zero attached hydrogens (tertiary/aromatic N) is 3. The number of azo groups is 1. The van der Waals surface area contributed by atoms with Crippen LogP contribution in [0.2, 0.25) is 0 Å². The molecule has 4 heteroatoms. The van der Waals surface area contributed by atoms with Crippen LogP contribution in [0.1, 0.15) is 11.1 Å². The quantitative estimate of drug-likeness (QED) is 0.634. The molecule has 0 aliphatic carbocycles. The van der Waals surface area contributed by atoms with Crippen LogP contribution >= 0.6 is 0 Å². The minimum absolute atomic E-state index is 0.609. The fourth-order valence-electron chi connectivity index (χ4n) is 1.44. The van der Waals surface area contributed by atoms with E-state index in [-0.39, 0.29) is 0 Å². The second kappa shape index (κ2) is 5.11. The molecule has 0 aromatic heterocycles. The highest BCUT2D eigenvalue weighted by Gasteiger charge is 1.96. The van der Waals surface area contributed by atoms with Gasteiger partial charge in [0, 0.05) is 5.69 Å². The first-order chi connectivity index (χ1) is 8.69. The SMILES string of the molecule is Cc1cc(/N=N/c2ccc(C#N)cc2)ccc1N. The highest BCUT2D eigenvalue weighted by molar-refractivity contribution is 5.54. The van der Waals surface area contributed by atoms with Gasteiger partial charge in [0.15, 0.2) is 0 Å². The van der Waals surface area contributed by atoms with E-state index in [2.05, 4.69) is 16.3 Å². The minimum Gasteiger partial charge on any atom is -0.399 e. The maximum atomic E-state index is 8.68. The summed E-state index contributed by atoms with van der Waals surface area (Å²) in [5.74, 6) is 0. The summed E-state index contributed by atoms with van der Waals surface area (Å²) in [4.78, 5) is 0. The standard InChI is InChI=1S/C14H12N4/c1-10-8-13(6-7-14(10)16)18-17-12-4-2-11(9-15)3-5-12/h2-8H,16H2,1H3/b18-17+. The third-order valence-corrected chi connectivity index (χ3v) is 2.53. The summed E-state index contributed by atoms with van der Waals surface area (Å²) in [6, 6.07) is 14.5. The van der Waals surface area contributed by atoms with Crippen molar-refractivity contribution in [3.8, 4) is 6.07 Å². The molecule has 0 heterocycles. The van der Waals surface area contributed by atoms with Crippen molar-refractivity contribution in [1.82, 2.24) is 0 Å². The number of aryl methyl sites for hydroxylation is 1. The lowest BCUT2D eigenvalue weighted by molar-refractivity contribution is 1.22. The van der Waals surface area contributed by atoms with E-state index in [1.165, 1.54) is 0 Å². The van der Waals surface area contributed by atoms with Gasteiger partial charge in [0.25, 0.3) is 0 Å². The van der Waals surface area contributed by atoms with Crippen LogP contribution in [0.15, 0.2) is 52.7 Å². The molecule has 0 unspecified atom stereocenters. The van der Waals surface area contributed by atoms with E-state index >= 15 is 0 Å². The molecule has 0 saturated heterocycles. The maximum Gasteiger partial charge on any atom is 0.0991 e. The Hall–Kier alpha value is -2.67. The lowest BCUT2D eigenvalue weighted by Gasteiger charge is -1.99. The molecule has 0 radical (unpaired) electrons. The van der Waals surface area contributed by atoms with Gasteiger partial charge < -0.3 is 5.73 Å². The zero-order chi connectivity index (χ0) is 13.0. The van der Waals surface area contributed by atoms with Gasteiger partial charge in [0.1, 0.15) is 0 Å². The molecule has 0 saturated carbocycles. The van der Waals surface area contributed by atoms with Crippen molar-refractivity contribution in [2.24, 2.45) is 10.2 Å². The van der Waals surface area contributed by atoms with Crippen molar-refractivity contribution in [1.29, 1.82) is 5.26 Å². The molecule has 18 heavy (non-hydrogen) atoms. The first-order valence-corrected chi connectivity index (χ1v) is 5.47. The summed E-state index contributed by atoms with van der Waals surface area (Å²) < 4.78 is 0. The lowest BCUT2D eigenvalue weighted by Crippen LogP contribution is -1.86. The van der Waals surface area contributed by atoms with Gasteiger partial charge in [-0.05, 0) is 55.0 Å². The summed E-state index contributed by atoms with van der Waals surface area (Å²) in [7, 11) is 0. The molecule has 4 nitrogen and oxygen atoms in total. The molecular formula is C14H12N4. The Morgan fingerprint density at radius 2 is 1.61 bits per heavy atom. The van der Waals surface area contributed by atoms with Crippen LogP contribution < -0.4 is 5.73 Å². The number of anilines is 1. The Bertz CT molecular complexity index is 621. The zero-order valence-corrected chi connectivity index (χ0v) is 9.96. The van der Waals surface area contributed by atoms with E-state index in [4.69, 9.17) is 11.0 Å². The van der Waals surface area contributed by atoms with Gasteiger partial charge in [0.05, 0.1) is 23.0 Å². The smallest absolute Gasteiger partial charge is 0.0991 e. The molecule has 2 aromatic carbocycles. The average molecular weight is 236 g/mol. The van der Waals surface area contributed by atoms with Gasteiger partial charge in [-0.25, -0.2) is 0 Å². The lowest BCUT2D eigenvalue weighted by atomic mass is 10.2. The van der Waals surface area contributed by atoms with Gasteiger partial charge >= 0.3 is 0 Å². The van der Waals surface area contributed by atoms with E-state index < -0.39 is 0 Å². The van der Waals surface area contributed by atoms with E-state index in [0.29, 0.717) is 11.3 Å². The fraction of sp³-hybridized carbons (Fsp3) is 0.0714. The summed E-state index contributed by atoms with van der Waals surface area (Å²) >= 11 is 0. The predicted molar refractivity (Wildman–Crippen MR) is 70.9 cm³/mol. The fourth-order valence-corrected chi connectivity index (χ4v) is 1.44. The summed E-state index contributed by atoms with van der Waals surface area (Å²) in [6.07, 6.45) is 0.